The van der Waals surface area contributed by atoms with Gasteiger partial charge in [-0.2, -0.15) is 0 Å². The van der Waals surface area contributed by atoms with E-state index in [1.807, 2.05) is 37.4 Å². The molecule has 0 unspecified atom stereocenters. The molecule has 1 aromatic heterocycles. The van der Waals surface area contributed by atoms with Crippen LogP contribution in [0.25, 0.3) is 21.8 Å². The first kappa shape index (κ1) is 12.8. The summed E-state index contributed by atoms with van der Waals surface area (Å²) in [6, 6.07) is 9.84. The third-order valence-corrected chi connectivity index (χ3v) is 3.75. The van der Waals surface area contributed by atoms with E-state index in [2.05, 4.69) is 4.57 Å². The summed E-state index contributed by atoms with van der Waals surface area (Å²) in [5.74, 6) is 1.54. The highest BCUT2D eigenvalue weighted by Crippen LogP contribution is 2.38. The van der Waals surface area contributed by atoms with Gasteiger partial charge >= 0.3 is 0 Å². The van der Waals surface area contributed by atoms with Crippen molar-refractivity contribution >= 4 is 21.8 Å². The lowest BCUT2D eigenvalue weighted by molar-refractivity contribution is 0.282. The number of methoxy groups -OCH3 is 2. The number of hydrogen-bond donors (Lipinski definition) is 1. The molecule has 4 heteroatoms. The highest BCUT2D eigenvalue weighted by molar-refractivity contribution is 6.11. The minimum Gasteiger partial charge on any atom is -0.497 e. The molecule has 0 saturated heterocycles. The van der Waals surface area contributed by atoms with Crippen LogP contribution >= 0.6 is 0 Å². The van der Waals surface area contributed by atoms with Gasteiger partial charge in [0, 0.05) is 35.5 Å². The van der Waals surface area contributed by atoms with Gasteiger partial charge in [0.25, 0.3) is 0 Å². The minimum atomic E-state index is 0.0325. The van der Waals surface area contributed by atoms with Gasteiger partial charge < -0.3 is 19.1 Å². The zero-order valence-electron chi connectivity index (χ0n) is 11.8. The van der Waals surface area contributed by atoms with Crippen molar-refractivity contribution < 1.29 is 14.6 Å². The van der Waals surface area contributed by atoms with Crippen LogP contribution < -0.4 is 9.47 Å². The molecule has 4 nitrogen and oxygen atoms in total. The van der Waals surface area contributed by atoms with Crippen molar-refractivity contribution in [3.05, 3.63) is 35.9 Å². The number of benzene rings is 2. The summed E-state index contributed by atoms with van der Waals surface area (Å²) in [5.41, 5.74) is 3.04. The highest BCUT2D eigenvalue weighted by Gasteiger charge is 2.14. The molecule has 0 bridgehead atoms. The van der Waals surface area contributed by atoms with Gasteiger partial charge in [0.2, 0.25) is 0 Å². The zero-order valence-corrected chi connectivity index (χ0v) is 11.8. The van der Waals surface area contributed by atoms with E-state index in [9.17, 15) is 5.11 Å². The summed E-state index contributed by atoms with van der Waals surface area (Å²) in [6.07, 6.45) is 0. The molecule has 0 amide bonds. The topological polar surface area (TPSA) is 43.6 Å². The van der Waals surface area contributed by atoms with Gasteiger partial charge in [-0.1, -0.05) is 6.07 Å². The van der Waals surface area contributed by atoms with Crippen molar-refractivity contribution in [2.45, 2.75) is 6.61 Å². The molecule has 0 aliphatic carbocycles. The first-order valence-electron chi connectivity index (χ1n) is 6.43. The molecule has 1 N–H and O–H groups in total. The predicted octanol–water partition coefficient (Wildman–Crippen LogP) is 2.84. The molecule has 3 rings (SSSR count). The average molecular weight is 271 g/mol. The Morgan fingerprint density at radius 2 is 1.85 bits per heavy atom. The Balaban J connectivity index is 2.49. The molecule has 20 heavy (non-hydrogen) atoms. The summed E-state index contributed by atoms with van der Waals surface area (Å²) in [5, 5.41) is 11.4. The number of fused-ring (bicyclic) bond motifs is 3. The number of aryl methyl sites for hydroxylation is 1. The Hall–Kier alpha value is -2.20. The second kappa shape index (κ2) is 4.72. The molecule has 0 aliphatic rings. The normalized spacial score (nSPS) is 11.2. The molecule has 0 fully saturated rings. The fraction of sp³-hybridized carbons (Fsp3) is 0.250. The van der Waals surface area contributed by atoms with Gasteiger partial charge in [0.05, 0.1) is 26.3 Å². The first-order valence-corrected chi connectivity index (χ1v) is 6.43. The predicted molar refractivity (Wildman–Crippen MR) is 79.5 cm³/mol. The van der Waals surface area contributed by atoms with Crippen LogP contribution in [0.2, 0.25) is 0 Å². The van der Waals surface area contributed by atoms with Crippen molar-refractivity contribution in [2.75, 3.05) is 14.2 Å². The zero-order chi connectivity index (χ0) is 14.3. The maximum absolute atomic E-state index is 9.33. The van der Waals surface area contributed by atoms with Gasteiger partial charge in [-0.05, 0) is 17.7 Å². The van der Waals surface area contributed by atoms with Crippen LogP contribution in [-0.4, -0.2) is 23.9 Å². The molecular weight excluding hydrogens is 254 g/mol. The van der Waals surface area contributed by atoms with Gasteiger partial charge in [0.15, 0.2) is 0 Å². The van der Waals surface area contributed by atoms with Crippen LogP contribution in [-0.2, 0) is 13.7 Å². The fourth-order valence-corrected chi connectivity index (χ4v) is 2.69. The molecule has 1 heterocycles. The molecule has 0 aliphatic heterocycles. The van der Waals surface area contributed by atoms with E-state index >= 15 is 0 Å². The van der Waals surface area contributed by atoms with Crippen molar-refractivity contribution in [1.29, 1.82) is 0 Å². The second-order valence-corrected chi connectivity index (χ2v) is 4.79. The van der Waals surface area contributed by atoms with Gasteiger partial charge in [0.1, 0.15) is 11.5 Å². The molecule has 0 saturated carbocycles. The monoisotopic (exact) mass is 271 g/mol. The Morgan fingerprint density at radius 1 is 1.05 bits per heavy atom. The molecule has 0 atom stereocenters. The van der Waals surface area contributed by atoms with Crippen molar-refractivity contribution in [3.8, 4) is 11.5 Å². The number of hydrogen-bond acceptors (Lipinski definition) is 3. The van der Waals surface area contributed by atoms with Crippen molar-refractivity contribution in [3.63, 3.8) is 0 Å². The minimum absolute atomic E-state index is 0.0325. The molecule has 0 spiro atoms. The summed E-state index contributed by atoms with van der Waals surface area (Å²) in [4.78, 5) is 0. The number of aliphatic hydroxyl groups excluding tert-OH is 1. The third-order valence-electron chi connectivity index (χ3n) is 3.75. The lowest BCUT2D eigenvalue weighted by Crippen LogP contribution is -1.90. The van der Waals surface area contributed by atoms with E-state index in [0.29, 0.717) is 0 Å². The maximum Gasteiger partial charge on any atom is 0.132 e. The lowest BCUT2D eigenvalue weighted by Gasteiger charge is -2.07. The highest BCUT2D eigenvalue weighted by atomic mass is 16.5. The quantitative estimate of drug-likeness (QED) is 0.796. The number of rotatable bonds is 3. The van der Waals surface area contributed by atoms with E-state index in [0.717, 1.165) is 38.9 Å². The second-order valence-electron chi connectivity index (χ2n) is 4.79. The lowest BCUT2D eigenvalue weighted by atomic mass is 10.1. The van der Waals surface area contributed by atoms with Crippen molar-refractivity contribution in [1.82, 2.24) is 4.57 Å². The molecular formula is C16H17NO3. The number of ether oxygens (including phenoxy) is 2. The fourth-order valence-electron chi connectivity index (χ4n) is 2.69. The van der Waals surface area contributed by atoms with Crippen LogP contribution in [0.1, 0.15) is 5.56 Å². The smallest absolute Gasteiger partial charge is 0.132 e. The van der Waals surface area contributed by atoms with E-state index in [4.69, 9.17) is 9.47 Å². The van der Waals surface area contributed by atoms with E-state index in [1.54, 1.807) is 14.2 Å². The van der Waals surface area contributed by atoms with Crippen LogP contribution in [0, 0.1) is 0 Å². The molecule has 104 valence electrons. The Labute approximate surface area is 117 Å². The molecule has 2 aromatic carbocycles. The largest absolute Gasteiger partial charge is 0.497 e. The van der Waals surface area contributed by atoms with Gasteiger partial charge in [-0.25, -0.2) is 0 Å². The van der Waals surface area contributed by atoms with Crippen LogP contribution in [0.4, 0.5) is 0 Å². The summed E-state index contributed by atoms with van der Waals surface area (Å²) in [7, 11) is 5.32. The number of nitrogens with zero attached hydrogens (tertiary/aromatic N) is 1. The Kier molecular flexibility index (Phi) is 3.03. The van der Waals surface area contributed by atoms with E-state index < -0.39 is 0 Å². The summed E-state index contributed by atoms with van der Waals surface area (Å²) >= 11 is 0. The van der Waals surface area contributed by atoms with Gasteiger partial charge in [-0.15, -0.1) is 0 Å². The average Bonchev–Trinajstić information content (AvgIpc) is 2.79. The van der Waals surface area contributed by atoms with E-state index in [-0.39, 0.29) is 6.61 Å². The Bertz CT molecular complexity index is 789. The summed E-state index contributed by atoms with van der Waals surface area (Å²) < 4.78 is 12.9. The van der Waals surface area contributed by atoms with Crippen LogP contribution in [0.15, 0.2) is 30.3 Å². The van der Waals surface area contributed by atoms with Gasteiger partial charge in [-0.3, -0.25) is 0 Å². The van der Waals surface area contributed by atoms with Crippen molar-refractivity contribution in [2.24, 2.45) is 7.05 Å². The SMILES string of the molecule is COc1cc(OC)c2c3cc(CO)ccc3n(C)c2c1. The van der Waals surface area contributed by atoms with Crippen LogP contribution in [0.3, 0.4) is 0 Å². The van der Waals surface area contributed by atoms with E-state index in [1.165, 1.54) is 0 Å². The first-order chi connectivity index (χ1) is 9.69. The standard InChI is InChI=1S/C16H17NO3/c1-17-13-5-4-10(9-18)6-12(13)16-14(17)7-11(19-2)8-15(16)20-3/h4-8,18H,9H2,1-3H3. The molecule has 0 radical (unpaired) electrons. The maximum atomic E-state index is 9.33. The Morgan fingerprint density at radius 3 is 2.50 bits per heavy atom. The third kappa shape index (κ3) is 1.72. The van der Waals surface area contributed by atoms with Crippen LogP contribution in [0.5, 0.6) is 11.5 Å². The molecule has 3 aromatic rings. The summed E-state index contributed by atoms with van der Waals surface area (Å²) in [6.45, 7) is 0.0325. The number of aliphatic hydroxyl groups is 1. The number of aromatic nitrogens is 1.